The maximum Gasteiger partial charge on any atom is 0.416 e. The molecule has 1 aliphatic rings. The Hall–Kier alpha value is -1.49. The molecule has 2 nitrogen and oxygen atoms in total. The van der Waals surface area contributed by atoms with Crippen molar-refractivity contribution >= 4 is 10.9 Å². The van der Waals surface area contributed by atoms with Crippen LogP contribution in [-0.4, -0.2) is 11.0 Å². The van der Waals surface area contributed by atoms with Crippen molar-refractivity contribution in [3.05, 3.63) is 35.5 Å². The Labute approximate surface area is 121 Å². The van der Waals surface area contributed by atoms with Crippen molar-refractivity contribution in [3.63, 3.8) is 0 Å². The standard InChI is InChI=1S/C16H19F3N2/c17-16(18,19)12-7-6-11-8-14(21-15(11)9-12)10-20-13-4-2-1-3-5-13/h6-9,13,20-21H,1-5,10H2. The third-order valence-corrected chi connectivity index (χ3v) is 4.19. The number of hydrogen-bond donors (Lipinski definition) is 2. The van der Waals surface area contributed by atoms with Crippen LogP contribution in [0.2, 0.25) is 0 Å². The summed E-state index contributed by atoms with van der Waals surface area (Å²) in [5, 5.41) is 4.31. The van der Waals surface area contributed by atoms with Crippen LogP contribution < -0.4 is 5.32 Å². The number of fused-ring (bicyclic) bond motifs is 1. The maximum absolute atomic E-state index is 12.7. The molecule has 3 rings (SSSR count). The van der Waals surface area contributed by atoms with Crippen LogP contribution in [0.3, 0.4) is 0 Å². The Kier molecular flexibility index (Phi) is 3.93. The average molecular weight is 296 g/mol. The number of alkyl halides is 3. The van der Waals surface area contributed by atoms with E-state index in [1.165, 1.54) is 44.2 Å². The molecule has 1 aromatic carbocycles. The van der Waals surface area contributed by atoms with Gasteiger partial charge < -0.3 is 10.3 Å². The Balaban J connectivity index is 1.71. The van der Waals surface area contributed by atoms with Gasteiger partial charge in [-0.3, -0.25) is 0 Å². The summed E-state index contributed by atoms with van der Waals surface area (Å²) < 4.78 is 38.1. The van der Waals surface area contributed by atoms with Crippen LogP contribution in [0.15, 0.2) is 24.3 Å². The van der Waals surface area contributed by atoms with E-state index < -0.39 is 11.7 Å². The van der Waals surface area contributed by atoms with Crippen LogP contribution in [0.4, 0.5) is 13.2 Å². The zero-order valence-electron chi connectivity index (χ0n) is 11.8. The van der Waals surface area contributed by atoms with Gasteiger partial charge in [0.1, 0.15) is 0 Å². The summed E-state index contributed by atoms with van der Waals surface area (Å²) in [6, 6.07) is 6.30. The van der Waals surface area contributed by atoms with Gasteiger partial charge in [0.2, 0.25) is 0 Å². The van der Waals surface area contributed by atoms with Crippen LogP contribution in [0.25, 0.3) is 10.9 Å². The monoisotopic (exact) mass is 296 g/mol. The van der Waals surface area contributed by atoms with E-state index in [4.69, 9.17) is 0 Å². The van der Waals surface area contributed by atoms with Gasteiger partial charge in [-0.25, -0.2) is 0 Å². The Bertz CT molecular complexity index is 609. The summed E-state index contributed by atoms with van der Waals surface area (Å²) in [5.74, 6) is 0. The smallest absolute Gasteiger partial charge is 0.357 e. The number of hydrogen-bond acceptors (Lipinski definition) is 1. The molecular formula is C16H19F3N2. The lowest BCUT2D eigenvalue weighted by Gasteiger charge is -2.22. The predicted octanol–water partition coefficient (Wildman–Crippen LogP) is 4.61. The summed E-state index contributed by atoms with van der Waals surface area (Å²) in [7, 11) is 0. The summed E-state index contributed by atoms with van der Waals surface area (Å²) in [6.07, 6.45) is 1.93. The largest absolute Gasteiger partial charge is 0.416 e. The van der Waals surface area contributed by atoms with E-state index in [1.54, 1.807) is 0 Å². The van der Waals surface area contributed by atoms with Crippen molar-refractivity contribution in [3.8, 4) is 0 Å². The molecule has 1 fully saturated rings. The minimum Gasteiger partial charge on any atom is -0.357 e. The summed E-state index contributed by atoms with van der Waals surface area (Å²) in [5.41, 5.74) is 0.879. The fraction of sp³-hybridized carbons (Fsp3) is 0.500. The molecule has 1 aliphatic carbocycles. The van der Waals surface area contributed by atoms with E-state index >= 15 is 0 Å². The highest BCUT2D eigenvalue weighted by Crippen LogP contribution is 2.31. The van der Waals surface area contributed by atoms with Crippen LogP contribution in [0.1, 0.15) is 43.4 Å². The molecule has 0 unspecified atom stereocenters. The van der Waals surface area contributed by atoms with E-state index in [1.807, 2.05) is 6.07 Å². The van der Waals surface area contributed by atoms with Gasteiger partial charge in [0.15, 0.2) is 0 Å². The van der Waals surface area contributed by atoms with E-state index in [0.29, 0.717) is 18.1 Å². The lowest BCUT2D eigenvalue weighted by Crippen LogP contribution is -2.30. The molecule has 2 N–H and O–H groups in total. The lowest BCUT2D eigenvalue weighted by molar-refractivity contribution is -0.137. The molecule has 0 amide bonds. The molecule has 1 saturated carbocycles. The van der Waals surface area contributed by atoms with Crippen LogP contribution in [0.5, 0.6) is 0 Å². The van der Waals surface area contributed by atoms with Gasteiger partial charge in [-0.2, -0.15) is 13.2 Å². The summed E-state index contributed by atoms with van der Waals surface area (Å²) in [4.78, 5) is 3.09. The quantitative estimate of drug-likeness (QED) is 0.850. The van der Waals surface area contributed by atoms with Gasteiger partial charge in [0.25, 0.3) is 0 Å². The molecule has 1 heterocycles. The van der Waals surface area contributed by atoms with Crippen LogP contribution in [0, 0.1) is 0 Å². The minimum absolute atomic E-state index is 0.538. The first-order valence-corrected chi connectivity index (χ1v) is 7.44. The van der Waals surface area contributed by atoms with Crippen molar-refractivity contribution in [2.45, 2.75) is 50.9 Å². The number of H-pyrrole nitrogens is 1. The van der Waals surface area contributed by atoms with Crippen molar-refractivity contribution in [1.29, 1.82) is 0 Å². The highest BCUT2D eigenvalue weighted by atomic mass is 19.4. The first kappa shape index (κ1) is 14.4. The van der Waals surface area contributed by atoms with E-state index in [9.17, 15) is 13.2 Å². The van der Waals surface area contributed by atoms with Crippen LogP contribution >= 0.6 is 0 Å². The molecule has 2 aromatic rings. The van der Waals surface area contributed by atoms with Gasteiger partial charge in [0.05, 0.1) is 5.56 Å². The fourth-order valence-electron chi connectivity index (χ4n) is 3.02. The van der Waals surface area contributed by atoms with E-state index in [0.717, 1.165) is 17.1 Å². The normalized spacial score (nSPS) is 17.5. The number of aromatic amines is 1. The highest BCUT2D eigenvalue weighted by molar-refractivity contribution is 5.81. The number of benzene rings is 1. The molecule has 114 valence electrons. The molecule has 0 bridgehead atoms. The molecule has 0 radical (unpaired) electrons. The molecule has 5 heteroatoms. The molecular weight excluding hydrogens is 277 g/mol. The number of aromatic nitrogens is 1. The second-order valence-corrected chi connectivity index (χ2v) is 5.81. The molecule has 0 spiro atoms. The second kappa shape index (κ2) is 5.72. The molecule has 0 saturated heterocycles. The predicted molar refractivity (Wildman–Crippen MR) is 77.0 cm³/mol. The van der Waals surface area contributed by atoms with Crippen molar-refractivity contribution in [2.75, 3.05) is 0 Å². The lowest BCUT2D eigenvalue weighted by atomic mass is 9.95. The Morgan fingerprint density at radius 1 is 1.10 bits per heavy atom. The van der Waals surface area contributed by atoms with E-state index in [2.05, 4.69) is 10.3 Å². The first-order chi connectivity index (χ1) is 10.0. The average Bonchev–Trinajstić information content (AvgIpc) is 2.87. The SMILES string of the molecule is FC(F)(F)c1ccc2cc(CNC3CCCCC3)[nH]c2c1. The van der Waals surface area contributed by atoms with Gasteiger partial charge in [-0.1, -0.05) is 25.3 Å². The molecule has 21 heavy (non-hydrogen) atoms. The van der Waals surface area contributed by atoms with Crippen molar-refractivity contribution < 1.29 is 13.2 Å². The summed E-state index contributed by atoms with van der Waals surface area (Å²) in [6.45, 7) is 0.681. The number of halogens is 3. The second-order valence-electron chi connectivity index (χ2n) is 5.81. The third-order valence-electron chi connectivity index (χ3n) is 4.19. The number of nitrogens with one attached hydrogen (secondary N) is 2. The zero-order valence-corrected chi connectivity index (χ0v) is 11.8. The van der Waals surface area contributed by atoms with Gasteiger partial charge in [0, 0.05) is 23.8 Å². The highest BCUT2D eigenvalue weighted by Gasteiger charge is 2.30. The topological polar surface area (TPSA) is 27.8 Å². The van der Waals surface area contributed by atoms with Gasteiger partial charge >= 0.3 is 6.18 Å². The Morgan fingerprint density at radius 3 is 2.57 bits per heavy atom. The van der Waals surface area contributed by atoms with E-state index in [-0.39, 0.29) is 0 Å². The molecule has 0 atom stereocenters. The summed E-state index contributed by atoms with van der Waals surface area (Å²) >= 11 is 0. The third kappa shape index (κ3) is 3.40. The van der Waals surface area contributed by atoms with Gasteiger partial charge in [-0.15, -0.1) is 0 Å². The minimum atomic E-state index is -4.29. The Morgan fingerprint density at radius 2 is 1.86 bits per heavy atom. The molecule has 1 aromatic heterocycles. The maximum atomic E-state index is 12.7. The van der Waals surface area contributed by atoms with Crippen molar-refractivity contribution in [1.82, 2.24) is 10.3 Å². The zero-order chi connectivity index (χ0) is 14.9. The molecule has 0 aliphatic heterocycles. The fourth-order valence-corrected chi connectivity index (χ4v) is 3.02. The number of rotatable bonds is 3. The van der Waals surface area contributed by atoms with Crippen molar-refractivity contribution in [2.24, 2.45) is 0 Å². The first-order valence-electron chi connectivity index (χ1n) is 7.44. The van der Waals surface area contributed by atoms with Gasteiger partial charge in [-0.05, 0) is 36.4 Å². The van der Waals surface area contributed by atoms with Crippen LogP contribution in [-0.2, 0) is 12.7 Å².